The number of rotatable bonds is 3. The van der Waals surface area contributed by atoms with Gasteiger partial charge in [-0.15, -0.1) is 0 Å². The summed E-state index contributed by atoms with van der Waals surface area (Å²) in [6.45, 7) is 2.43. The SMILES string of the molecule is CC(=CC(=O)O)Cn1ccc2ccccc21. The summed E-state index contributed by atoms with van der Waals surface area (Å²) >= 11 is 0. The minimum Gasteiger partial charge on any atom is -0.478 e. The molecule has 2 rings (SSSR count). The second kappa shape index (κ2) is 4.23. The van der Waals surface area contributed by atoms with Crippen LogP contribution < -0.4 is 0 Å². The van der Waals surface area contributed by atoms with Gasteiger partial charge in [0, 0.05) is 24.3 Å². The van der Waals surface area contributed by atoms with Crippen molar-refractivity contribution in [3.63, 3.8) is 0 Å². The molecule has 0 atom stereocenters. The Kier molecular flexibility index (Phi) is 2.77. The van der Waals surface area contributed by atoms with Gasteiger partial charge in [0.05, 0.1) is 0 Å². The van der Waals surface area contributed by atoms with E-state index in [4.69, 9.17) is 5.11 Å². The van der Waals surface area contributed by atoms with E-state index in [-0.39, 0.29) is 0 Å². The lowest BCUT2D eigenvalue weighted by molar-refractivity contribution is -0.131. The third-order valence-electron chi connectivity index (χ3n) is 2.47. The van der Waals surface area contributed by atoms with Gasteiger partial charge in [0.15, 0.2) is 0 Å². The third kappa shape index (κ3) is 2.14. The van der Waals surface area contributed by atoms with Crippen LogP contribution in [-0.2, 0) is 11.3 Å². The summed E-state index contributed by atoms with van der Waals surface area (Å²) in [5.74, 6) is -0.894. The molecular formula is C13H13NO2. The second-order valence-corrected chi connectivity index (χ2v) is 3.83. The van der Waals surface area contributed by atoms with E-state index in [1.165, 1.54) is 11.5 Å². The smallest absolute Gasteiger partial charge is 0.328 e. The predicted molar refractivity (Wildman–Crippen MR) is 63.3 cm³/mol. The number of benzene rings is 1. The Bertz CT molecular complexity index is 552. The van der Waals surface area contributed by atoms with Gasteiger partial charge in [-0.2, -0.15) is 0 Å². The van der Waals surface area contributed by atoms with Crippen molar-refractivity contribution in [2.75, 3.05) is 0 Å². The molecule has 0 aliphatic carbocycles. The number of nitrogens with zero attached hydrogens (tertiary/aromatic N) is 1. The van der Waals surface area contributed by atoms with E-state index >= 15 is 0 Å². The van der Waals surface area contributed by atoms with E-state index in [2.05, 4.69) is 0 Å². The highest BCUT2D eigenvalue weighted by molar-refractivity contribution is 5.81. The van der Waals surface area contributed by atoms with Crippen molar-refractivity contribution < 1.29 is 9.90 Å². The number of carboxylic acid groups (broad SMARTS) is 1. The Morgan fingerprint density at radius 1 is 1.38 bits per heavy atom. The fraction of sp³-hybridized carbons (Fsp3) is 0.154. The fourth-order valence-corrected chi connectivity index (χ4v) is 1.80. The highest BCUT2D eigenvalue weighted by atomic mass is 16.4. The molecule has 0 saturated heterocycles. The quantitative estimate of drug-likeness (QED) is 0.800. The van der Waals surface area contributed by atoms with Crippen LogP contribution in [0, 0.1) is 0 Å². The number of para-hydroxylation sites is 1. The maximum absolute atomic E-state index is 10.5. The molecule has 3 heteroatoms. The van der Waals surface area contributed by atoms with Gasteiger partial charge in [-0.25, -0.2) is 4.79 Å². The normalized spacial score (nSPS) is 11.9. The van der Waals surface area contributed by atoms with Gasteiger partial charge >= 0.3 is 5.97 Å². The van der Waals surface area contributed by atoms with Crippen LogP contribution in [0.5, 0.6) is 0 Å². The van der Waals surface area contributed by atoms with Crippen molar-refractivity contribution in [3.8, 4) is 0 Å². The summed E-state index contributed by atoms with van der Waals surface area (Å²) in [5.41, 5.74) is 1.95. The third-order valence-corrected chi connectivity index (χ3v) is 2.47. The molecule has 0 unspecified atom stereocenters. The Morgan fingerprint density at radius 3 is 2.88 bits per heavy atom. The van der Waals surface area contributed by atoms with E-state index in [0.717, 1.165) is 11.1 Å². The number of carbonyl (C=O) groups is 1. The molecule has 16 heavy (non-hydrogen) atoms. The van der Waals surface area contributed by atoms with Crippen molar-refractivity contribution in [2.45, 2.75) is 13.5 Å². The standard InChI is InChI=1S/C13H13NO2/c1-10(8-13(15)16)9-14-7-6-11-4-2-3-5-12(11)14/h2-8H,9H2,1H3,(H,15,16). The maximum Gasteiger partial charge on any atom is 0.328 e. The van der Waals surface area contributed by atoms with E-state index in [9.17, 15) is 4.79 Å². The van der Waals surface area contributed by atoms with Gasteiger partial charge in [-0.3, -0.25) is 0 Å². The van der Waals surface area contributed by atoms with E-state index in [1.54, 1.807) is 0 Å². The average molecular weight is 215 g/mol. The highest BCUT2D eigenvalue weighted by Gasteiger charge is 2.01. The van der Waals surface area contributed by atoms with Crippen LogP contribution in [0.1, 0.15) is 6.92 Å². The molecule has 0 saturated carbocycles. The molecule has 0 fully saturated rings. The zero-order chi connectivity index (χ0) is 11.5. The van der Waals surface area contributed by atoms with Crippen LogP contribution >= 0.6 is 0 Å². The summed E-state index contributed by atoms with van der Waals surface area (Å²) in [4.78, 5) is 10.5. The molecule has 2 aromatic rings. The van der Waals surface area contributed by atoms with Crippen LogP contribution in [0.4, 0.5) is 0 Å². The Hall–Kier alpha value is -2.03. The molecule has 0 aliphatic heterocycles. The topological polar surface area (TPSA) is 42.2 Å². The van der Waals surface area contributed by atoms with E-state index in [0.29, 0.717) is 6.54 Å². The van der Waals surface area contributed by atoms with Gasteiger partial charge in [-0.1, -0.05) is 18.2 Å². The number of aromatic nitrogens is 1. The molecular weight excluding hydrogens is 202 g/mol. The van der Waals surface area contributed by atoms with Crippen molar-refractivity contribution in [1.82, 2.24) is 4.57 Å². The monoisotopic (exact) mass is 215 g/mol. The van der Waals surface area contributed by atoms with Gasteiger partial charge in [0.1, 0.15) is 0 Å². The van der Waals surface area contributed by atoms with Gasteiger partial charge < -0.3 is 9.67 Å². The predicted octanol–water partition coefficient (Wildman–Crippen LogP) is 2.67. The molecule has 3 nitrogen and oxygen atoms in total. The summed E-state index contributed by atoms with van der Waals surface area (Å²) in [5, 5.41) is 9.81. The molecule has 0 bridgehead atoms. The lowest BCUT2D eigenvalue weighted by Gasteiger charge is -2.04. The number of allylic oxidation sites excluding steroid dienone is 1. The van der Waals surface area contributed by atoms with Gasteiger partial charge in [0.2, 0.25) is 0 Å². The van der Waals surface area contributed by atoms with E-state index in [1.807, 2.05) is 48.0 Å². The minimum absolute atomic E-state index is 0.611. The lowest BCUT2D eigenvalue weighted by atomic mass is 10.2. The molecule has 1 N–H and O–H groups in total. The number of aliphatic carboxylic acids is 1. The van der Waals surface area contributed by atoms with Crippen LogP contribution in [0.15, 0.2) is 48.2 Å². The number of hydrogen-bond donors (Lipinski definition) is 1. The average Bonchev–Trinajstić information content (AvgIpc) is 2.61. The van der Waals surface area contributed by atoms with Crippen molar-refractivity contribution in [3.05, 3.63) is 48.2 Å². The molecule has 1 aromatic heterocycles. The zero-order valence-electron chi connectivity index (χ0n) is 9.05. The van der Waals surface area contributed by atoms with E-state index < -0.39 is 5.97 Å². The summed E-state index contributed by atoms with van der Waals surface area (Å²) < 4.78 is 2.05. The largest absolute Gasteiger partial charge is 0.478 e. The zero-order valence-corrected chi connectivity index (χ0v) is 9.05. The first-order valence-electron chi connectivity index (χ1n) is 5.11. The highest BCUT2D eigenvalue weighted by Crippen LogP contribution is 2.16. The molecule has 0 aliphatic rings. The number of carboxylic acids is 1. The first-order chi connectivity index (χ1) is 7.66. The first-order valence-corrected chi connectivity index (χ1v) is 5.11. The molecule has 0 amide bonds. The summed E-state index contributed by atoms with van der Waals surface area (Å²) in [6.07, 6.45) is 3.22. The van der Waals surface area contributed by atoms with Crippen molar-refractivity contribution in [2.24, 2.45) is 0 Å². The van der Waals surface area contributed by atoms with Crippen LogP contribution in [0.3, 0.4) is 0 Å². The Balaban J connectivity index is 2.31. The minimum atomic E-state index is -0.894. The molecule has 0 radical (unpaired) electrons. The molecule has 82 valence electrons. The van der Waals surface area contributed by atoms with Crippen molar-refractivity contribution in [1.29, 1.82) is 0 Å². The Labute approximate surface area is 93.6 Å². The second-order valence-electron chi connectivity index (χ2n) is 3.83. The van der Waals surface area contributed by atoms with Gasteiger partial charge in [-0.05, 0) is 30.0 Å². The summed E-state index contributed by atoms with van der Waals surface area (Å²) in [7, 11) is 0. The number of fused-ring (bicyclic) bond motifs is 1. The molecule has 1 heterocycles. The maximum atomic E-state index is 10.5. The van der Waals surface area contributed by atoms with Crippen molar-refractivity contribution >= 4 is 16.9 Å². The summed E-state index contributed by atoms with van der Waals surface area (Å²) in [6, 6.07) is 10.1. The fourth-order valence-electron chi connectivity index (χ4n) is 1.80. The van der Waals surface area contributed by atoms with Crippen LogP contribution in [0.2, 0.25) is 0 Å². The Morgan fingerprint density at radius 2 is 2.12 bits per heavy atom. The number of hydrogen-bond acceptors (Lipinski definition) is 1. The first kappa shape index (κ1) is 10.5. The van der Waals surface area contributed by atoms with Gasteiger partial charge in [0.25, 0.3) is 0 Å². The van der Waals surface area contributed by atoms with Crippen LogP contribution in [-0.4, -0.2) is 15.6 Å². The lowest BCUT2D eigenvalue weighted by Crippen LogP contribution is -1.99. The molecule has 1 aromatic carbocycles. The van der Waals surface area contributed by atoms with Crippen LogP contribution in [0.25, 0.3) is 10.9 Å². The molecule has 0 spiro atoms.